The molecule has 1 aromatic carbocycles. The molecule has 6 heteroatoms. The molecule has 0 aliphatic rings. The molecular formula is C15H16FNO3S. The molecule has 2 rings (SSSR count). The van der Waals surface area contributed by atoms with Crippen molar-refractivity contribution in [2.75, 3.05) is 6.61 Å². The Hall–Kier alpha value is -1.95. The third-order valence-electron chi connectivity index (χ3n) is 2.85. The number of ether oxygens (including phenoxy) is 1. The third-order valence-corrected chi connectivity index (χ3v) is 4.07. The molecule has 0 aliphatic carbocycles. The fourth-order valence-corrected chi connectivity index (χ4v) is 2.97. The molecule has 2 aromatic rings. The van der Waals surface area contributed by atoms with Gasteiger partial charge in [-0.05, 0) is 25.5 Å². The molecule has 1 aromatic heterocycles. The van der Waals surface area contributed by atoms with Gasteiger partial charge in [-0.25, -0.2) is 9.37 Å². The fraction of sp³-hybridized carbons (Fsp3) is 0.333. The summed E-state index contributed by atoms with van der Waals surface area (Å²) in [5, 5.41) is 9.70. The number of aliphatic carboxylic acids is 1. The predicted octanol–water partition coefficient (Wildman–Crippen LogP) is 3.23. The highest BCUT2D eigenvalue weighted by molar-refractivity contribution is 7.11. The maximum absolute atomic E-state index is 13.0. The van der Waals surface area contributed by atoms with Gasteiger partial charge in [-0.2, -0.15) is 0 Å². The Morgan fingerprint density at radius 1 is 1.48 bits per heavy atom. The van der Waals surface area contributed by atoms with E-state index >= 15 is 0 Å². The number of nitrogens with zero attached hydrogens (tertiary/aromatic N) is 1. The summed E-state index contributed by atoms with van der Waals surface area (Å²) in [4.78, 5) is 15.9. The van der Waals surface area contributed by atoms with Gasteiger partial charge in [0.15, 0.2) is 0 Å². The Kier molecular flexibility index (Phi) is 5.27. The van der Waals surface area contributed by atoms with E-state index in [1.807, 2.05) is 6.92 Å². The molecule has 0 saturated carbocycles. The highest BCUT2D eigenvalue weighted by atomic mass is 32.1. The van der Waals surface area contributed by atoms with Crippen molar-refractivity contribution in [1.82, 2.24) is 4.98 Å². The van der Waals surface area contributed by atoms with E-state index in [9.17, 15) is 9.18 Å². The van der Waals surface area contributed by atoms with Gasteiger partial charge in [0.1, 0.15) is 11.6 Å². The number of carboxylic acids is 1. The third kappa shape index (κ3) is 4.82. The van der Waals surface area contributed by atoms with Gasteiger partial charge < -0.3 is 9.84 Å². The lowest BCUT2D eigenvalue weighted by molar-refractivity contribution is -0.136. The molecule has 0 atom stereocenters. The zero-order valence-electron chi connectivity index (χ0n) is 11.6. The maximum Gasteiger partial charge on any atom is 0.308 e. The van der Waals surface area contributed by atoms with E-state index < -0.39 is 5.97 Å². The van der Waals surface area contributed by atoms with Crippen LogP contribution in [0.1, 0.15) is 22.0 Å². The van der Waals surface area contributed by atoms with Crippen molar-refractivity contribution >= 4 is 17.3 Å². The summed E-state index contributed by atoms with van der Waals surface area (Å²) >= 11 is 1.43. The van der Waals surface area contributed by atoms with Crippen LogP contribution in [-0.4, -0.2) is 22.7 Å². The lowest BCUT2D eigenvalue weighted by atomic mass is 10.3. The van der Waals surface area contributed by atoms with Gasteiger partial charge >= 0.3 is 5.97 Å². The largest absolute Gasteiger partial charge is 0.493 e. The normalized spacial score (nSPS) is 10.6. The van der Waals surface area contributed by atoms with Crippen molar-refractivity contribution in [3.8, 4) is 5.75 Å². The Morgan fingerprint density at radius 3 is 3.00 bits per heavy atom. The van der Waals surface area contributed by atoms with Gasteiger partial charge in [-0.1, -0.05) is 6.07 Å². The van der Waals surface area contributed by atoms with Gasteiger partial charge in [0.05, 0.1) is 23.7 Å². The number of carboxylic acid groups (broad SMARTS) is 1. The molecule has 0 spiro atoms. The monoisotopic (exact) mass is 309 g/mol. The first-order valence-corrected chi connectivity index (χ1v) is 7.41. The highest BCUT2D eigenvalue weighted by Gasteiger charge is 2.10. The number of hydrogen-bond donors (Lipinski definition) is 1. The number of carbonyl (C=O) groups is 1. The van der Waals surface area contributed by atoms with Crippen molar-refractivity contribution in [2.45, 2.75) is 26.2 Å². The molecule has 0 radical (unpaired) electrons. The summed E-state index contributed by atoms with van der Waals surface area (Å²) in [5.41, 5.74) is 0.781. The minimum atomic E-state index is -0.845. The van der Waals surface area contributed by atoms with Crippen molar-refractivity contribution in [3.05, 3.63) is 45.7 Å². The van der Waals surface area contributed by atoms with E-state index in [1.54, 1.807) is 12.1 Å². The molecule has 0 aliphatic heterocycles. The molecule has 0 bridgehead atoms. The van der Waals surface area contributed by atoms with Crippen LogP contribution in [0.5, 0.6) is 5.75 Å². The zero-order chi connectivity index (χ0) is 15.2. The minimum Gasteiger partial charge on any atom is -0.493 e. The van der Waals surface area contributed by atoms with Crippen LogP contribution in [0.2, 0.25) is 0 Å². The average molecular weight is 309 g/mol. The zero-order valence-corrected chi connectivity index (χ0v) is 12.5. The minimum absolute atomic E-state index is 0.0172. The predicted molar refractivity (Wildman–Crippen MR) is 78.4 cm³/mol. The second kappa shape index (κ2) is 7.17. The smallest absolute Gasteiger partial charge is 0.308 e. The first-order valence-electron chi connectivity index (χ1n) is 6.60. The number of thiazole rings is 1. The molecule has 0 fully saturated rings. The van der Waals surface area contributed by atoms with E-state index in [-0.39, 0.29) is 12.2 Å². The molecule has 21 heavy (non-hydrogen) atoms. The first kappa shape index (κ1) is 15.4. The number of rotatable bonds is 7. The topological polar surface area (TPSA) is 59.4 Å². The molecular weight excluding hydrogens is 293 g/mol. The van der Waals surface area contributed by atoms with E-state index in [2.05, 4.69) is 4.98 Å². The quantitative estimate of drug-likeness (QED) is 0.798. The number of benzene rings is 1. The molecule has 0 amide bonds. The van der Waals surface area contributed by atoms with Crippen molar-refractivity contribution < 1.29 is 19.0 Å². The second-order valence-corrected chi connectivity index (χ2v) is 5.76. The summed E-state index contributed by atoms with van der Waals surface area (Å²) < 4.78 is 18.4. The van der Waals surface area contributed by atoms with Crippen LogP contribution in [0.15, 0.2) is 24.3 Å². The van der Waals surface area contributed by atoms with E-state index in [4.69, 9.17) is 9.84 Å². The van der Waals surface area contributed by atoms with Gasteiger partial charge in [-0.3, -0.25) is 4.79 Å². The van der Waals surface area contributed by atoms with E-state index in [0.717, 1.165) is 28.4 Å². The van der Waals surface area contributed by atoms with Crippen LogP contribution < -0.4 is 4.74 Å². The van der Waals surface area contributed by atoms with Crippen molar-refractivity contribution in [2.24, 2.45) is 0 Å². The SMILES string of the molecule is Cc1nc(CCCOc2cccc(F)c2)sc1CC(=O)O. The fourth-order valence-electron chi connectivity index (χ4n) is 1.87. The van der Waals surface area contributed by atoms with E-state index in [0.29, 0.717) is 12.4 Å². The van der Waals surface area contributed by atoms with Gasteiger partial charge in [0.25, 0.3) is 0 Å². The van der Waals surface area contributed by atoms with Gasteiger partial charge in [-0.15, -0.1) is 11.3 Å². The van der Waals surface area contributed by atoms with Crippen molar-refractivity contribution in [1.29, 1.82) is 0 Å². The summed E-state index contributed by atoms with van der Waals surface area (Å²) in [6.07, 6.45) is 1.49. The Balaban J connectivity index is 1.79. The molecule has 0 saturated heterocycles. The lowest BCUT2D eigenvalue weighted by Crippen LogP contribution is -1.99. The van der Waals surface area contributed by atoms with Crippen molar-refractivity contribution in [3.63, 3.8) is 0 Å². The van der Waals surface area contributed by atoms with Crippen LogP contribution in [0.4, 0.5) is 4.39 Å². The molecule has 112 valence electrons. The van der Waals surface area contributed by atoms with Crippen LogP contribution in [0.3, 0.4) is 0 Å². The van der Waals surface area contributed by atoms with Crippen LogP contribution in [0, 0.1) is 12.7 Å². The van der Waals surface area contributed by atoms with Crippen LogP contribution in [0.25, 0.3) is 0 Å². The first-order chi connectivity index (χ1) is 10.0. The molecule has 1 N–H and O–H groups in total. The lowest BCUT2D eigenvalue weighted by Gasteiger charge is -2.04. The molecule has 4 nitrogen and oxygen atoms in total. The Labute approximate surface area is 126 Å². The number of halogens is 1. The van der Waals surface area contributed by atoms with Crippen LogP contribution in [-0.2, 0) is 17.6 Å². The average Bonchev–Trinajstić information content (AvgIpc) is 2.75. The highest BCUT2D eigenvalue weighted by Crippen LogP contribution is 2.20. The standard InChI is InChI=1S/C15H16FNO3S/c1-10-13(9-15(18)19)21-14(17-10)6-3-7-20-12-5-2-4-11(16)8-12/h2,4-5,8H,3,6-7,9H2,1H3,(H,18,19). The van der Waals surface area contributed by atoms with Gasteiger partial charge in [0.2, 0.25) is 0 Å². The molecule has 0 unspecified atom stereocenters. The number of hydrogen-bond acceptors (Lipinski definition) is 4. The summed E-state index contributed by atoms with van der Waals surface area (Å²) in [6.45, 7) is 2.29. The molecule has 1 heterocycles. The Morgan fingerprint density at radius 2 is 2.29 bits per heavy atom. The van der Waals surface area contributed by atoms with E-state index in [1.165, 1.54) is 23.5 Å². The Bertz CT molecular complexity index is 627. The summed E-state index contributed by atoms with van der Waals surface area (Å²) in [7, 11) is 0. The van der Waals surface area contributed by atoms with Gasteiger partial charge in [0, 0.05) is 17.4 Å². The maximum atomic E-state index is 13.0. The number of aromatic nitrogens is 1. The second-order valence-electron chi connectivity index (χ2n) is 4.60. The summed E-state index contributed by atoms with van der Waals surface area (Å²) in [5.74, 6) is -0.652. The number of aryl methyl sites for hydroxylation is 2. The van der Waals surface area contributed by atoms with Crippen LogP contribution >= 0.6 is 11.3 Å². The summed E-state index contributed by atoms with van der Waals surface area (Å²) in [6, 6.07) is 6.03.